The Morgan fingerprint density at radius 1 is 1.24 bits per heavy atom. The SMILES string of the molecule is CC(=O)OCC1=C(C(=O)O)N2C(=O)[C@@H](NC(=O)C(c3ccccc3)N3C(=O)CSC3=S)[C@H]2SC1. The molecule has 178 valence electrons. The highest BCUT2D eigenvalue weighted by Gasteiger charge is 2.55. The number of aliphatic carboxylic acids is 1. The molecule has 3 amide bonds. The zero-order valence-electron chi connectivity index (χ0n) is 17.8. The van der Waals surface area contributed by atoms with Crippen LogP contribution in [0.3, 0.4) is 0 Å². The van der Waals surface area contributed by atoms with Gasteiger partial charge in [0.2, 0.25) is 11.8 Å². The van der Waals surface area contributed by atoms with Gasteiger partial charge in [-0.05, 0) is 5.56 Å². The van der Waals surface area contributed by atoms with E-state index in [4.69, 9.17) is 17.0 Å². The van der Waals surface area contributed by atoms with Crippen molar-refractivity contribution in [2.75, 3.05) is 18.1 Å². The Balaban J connectivity index is 1.56. The molecule has 13 heteroatoms. The lowest BCUT2D eigenvalue weighted by Gasteiger charge is -2.49. The molecular weight excluding hydrogens is 502 g/mol. The zero-order valence-corrected chi connectivity index (χ0v) is 20.2. The highest BCUT2D eigenvalue weighted by molar-refractivity contribution is 8.24. The van der Waals surface area contributed by atoms with E-state index in [0.29, 0.717) is 11.1 Å². The van der Waals surface area contributed by atoms with E-state index in [0.717, 1.165) is 16.7 Å². The number of carboxylic acids is 1. The molecule has 3 aliphatic heterocycles. The number of thiocarbonyl (C=S) groups is 1. The fourth-order valence-corrected chi connectivity index (χ4v) is 6.33. The Morgan fingerprint density at radius 2 is 1.94 bits per heavy atom. The van der Waals surface area contributed by atoms with Gasteiger partial charge in [-0.3, -0.25) is 29.0 Å². The molecule has 0 aliphatic carbocycles. The molecule has 1 aromatic carbocycles. The van der Waals surface area contributed by atoms with Gasteiger partial charge in [0.05, 0.1) is 5.75 Å². The minimum absolute atomic E-state index is 0.127. The van der Waals surface area contributed by atoms with Gasteiger partial charge in [0.25, 0.3) is 5.91 Å². The molecule has 0 aromatic heterocycles. The van der Waals surface area contributed by atoms with Crippen LogP contribution in [0.5, 0.6) is 0 Å². The monoisotopic (exact) mass is 521 g/mol. The maximum Gasteiger partial charge on any atom is 0.352 e. The number of carbonyl (C=O) groups is 5. The Kier molecular flexibility index (Phi) is 6.96. The Bertz CT molecular complexity index is 1110. The van der Waals surface area contributed by atoms with Crippen LogP contribution in [0.25, 0.3) is 0 Å². The standard InChI is InChI=1S/C21H19N3O7S3/c1-10(25)31-7-12-8-33-19-14(18(28)24(19)16(12)20(29)30)22-17(27)15(11-5-3-2-4-6-11)23-13(26)9-34-21(23)32/h2-6,14-15,19H,7-9H2,1H3,(H,22,27)(H,29,30)/t14-,15?,19-/m1/s1. The van der Waals surface area contributed by atoms with Crippen molar-refractivity contribution >= 4 is 69.7 Å². The average Bonchev–Trinajstić information content (AvgIpc) is 3.14. The molecule has 1 unspecified atom stereocenters. The summed E-state index contributed by atoms with van der Waals surface area (Å²) in [5, 5.41) is 11.7. The molecule has 3 aliphatic rings. The van der Waals surface area contributed by atoms with E-state index in [1.807, 2.05) is 0 Å². The van der Waals surface area contributed by atoms with Gasteiger partial charge in [0.1, 0.15) is 34.1 Å². The lowest BCUT2D eigenvalue weighted by Crippen LogP contribution is -2.71. The van der Waals surface area contributed by atoms with Gasteiger partial charge < -0.3 is 15.2 Å². The second-order valence-corrected chi connectivity index (χ2v) is 10.3. The summed E-state index contributed by atoms with van der Waals surface area (Å²) in [7, 11) is 0. The molecule has 10 nitrogen and oxygen atoms in total. The normalized spacial score (nSPS) is 22.8. The van der Waals surface area contributed by atoms with Gasteiger partial charge in [-0.2, -0.15) is 0 Å². The van der Waals surface area contributed by atoms with E-state index in [2.05, 4.69) is 5.32 Å². The molecule has 34 heavy (non-hydrogen) atoms. The van der Waals surface area contributed by atoms with E-state index < -0.39 is 41.2 Å². The molecule has 3 atom stereocenters. The van der Waals surface area contributed by atoms with Gasteiger partial charge in [-0.25, -0.2) is 4.79 Å². The summed E-state index contributed by atoms with van der Waals surface area (Å²) in [4.78, 5) is 64.1. The first kappa shape index (κ1) is 24.2. The lowest BCUT2D eigenvalue weighted by molar-refractivity contribution is -0.151. The number of β-lactam (4-membered cyclic amide) rings is 1. The van der Waals surface area contributed by atoms with E-state index in [9.17, 15) is 29.1 Å². The molecule has 2 saturated heterocycles. The Morgan fingerprint density at radius 3 is 2.53 bits per heavy atom. The number of rotatable bonds is 7. The first-order chi connectivity index (χ1) is 16.2. The van der Waals surface area contributed by atoms with Crippen LogP contribution in [0.1, 0.15) is 18.5 Å². The molecular formula is C21H19N3O7S3. The number of benzene rings is 1. The number of nitrogens with one attached hydrogen (secondary N) is 1. The number of fused-ring (bicyclic) bond motifs is 1. The summed E-state index contributed by atoms with van der Waals surface area (Å²) in [5.74, 6) is -3.04. The lowest BCUT2D eigenvalue weighted by atomic mass is 10.0. The van der Waals surface area contributed by atoms with Crippen molar-refractivity contribution in [1.29, 1.82) is 0 Å². The number of carbonyl (C=O) groups excluding carboxylic acids is 4. The molecule has 2 N–H and O–H groups in total. The van der Waals surface area contributed by atoms with E-state index in [1.54, 1.807) is 30.3 Å². The first-order valence-corrected chi connectivity index (χ1v) is 12.5. The number of hydrogen-bond acceptors (Lipinski definition) is 9. The van der Waals surface area contributed by atoms with Crippen molar-refractivity contribution in [2.24, 2.45) is 0 Å². The molecule has 0 bridgehead atoms. The number of esters is 1. The van der Waals surface area contributed by atoms with Crippen LogP contribution in [0.4, 0.5) is 0 Å². The molecule has 0 saturated carbocycles. The van der Waals surface area contributed by atoms with Crippen molar-refractivity contribution in [3.63, 3.8) is 0 Å². The molecule has 3 heterocycles. The Labute approximate surface area is 208 Å². The largest absolute Gasteiger partial charge is 0.477 e. The summed E-state index contributed by atoms with van der Waals surface area (Å²) < 4.78 is 5.19. The quantitative estimate of drug-likeness (QED) is 0.303. The number of hydrogen-bond donors (Lipinski definition) is 2. The van der Waals surface area contributed by atoms with Gasteiger partial charge in [-0.15, -0.1) is 11.8 Å². The third-order valence-corrected chi connectivity index (χ3v) is 8.13. The zero-order chi connectivity index (χ0) is 24.6. The Hall–Kier alpha value is -2.90. The first-order valence-electron chi connectivity index (χ1n) is 10.1. The van der Waals surface area contributed by atoms with E-state index in [1.165, 1.54) is 23.6 Å². The van der Waals surface area contributed by atoms with Crippen LogP contribution in [0.2, 0.25) is 0 Å². The number of thioether (sulfide) groups is 2. The fourth-order valence-electron chi connectivity index (χ4n) is 3.88. The summed E-state index contributed by atoms with van der Waals surface area (Å²) >= 11 is 7.71. The van der Waals surface area contributed by atoms with Crippen molar-refractivity contribution < 1.29 is 33.8 Å². The second-order valence-electron chi connectivity index (χ2n) is 7.57. The van der Waals surface area contributed by atoms with Crippen LogP contribution in [-0.2, 0) is 28.7 Å². The van der Waals surface area contributed by atoms with E-state index >= 15 is 0 Å². The highest BCUT2D eigenvalue weighted by atomic mass is 32.2. The summed E-state index contributed by atoms with van der Waals surface area (Å²) in [6.45, 7) is 0.971. The van der Waals surface area contributed by atoms with Crippen LogP contribution in [0, 0.1) is 0 Å². The summed E-state index contributed by atoms with van der Waals surface area (Å²) in [5.41, 5.74) is 0.592. The number of carboxylic acid groups (broad SMARTS) is 1. The summed E-state index contributed by atoms with van der Waals surface area (Å²) in [6, 6.07) is 6.59. The minimum atomic E-state index is -1.32. The van der Waals surface area contributed by atoms with Crippen molar-refractivity contribution in [3.05, 3.63) is 47.2 Å². The van der Waals surface area contributed by atoms with Crippen LogP contribution in [0.15, 0.2) is 41.6 Å². The topological polar surface area (TPSA) is 133 Å². The van der Waals surface area contributed by atoms with Gasteiger partial charge >= 0.3 is 11.9 Å². The van der Waals surface area contributed by atoms with Crippen LogP contribution in [-0.4, -0.2) is 78.4 Å². The van der Waals surface area contributed by atoms with Crippen molar-refractivity contribution in [3.8, 4) is 0 Å². The maximum atomic E-state index is 13.4. The predicted molar refractivity (Wildman–Crippen MR) is 127 cm³/mol. The number of nitrogens with zero attached hydrogens (tertiary/aromatic N) is 2. The van der Waals surface area contributed by atoms with Crippen LogP contribution >= 0.6 is 35.7 Å². The summed E-state index contributed by atoms with van der Waals surface area (Å²) in [6.07, 6.45) is 0. The smallest absolute Gasteiger partial charge is 0.352 e. The maximum absolute atomic E-state index is 13.4. The molecule has 1 aromatic rings. The molecule has 0 spiro atoms. The molecule has 4 rings (SSSR count). The van der Waals surface area contributed by atoms with Crippen LogP contribution < -0.4 is 5.32 Å². The molecule has 0 radical (unpaired) electrons. The second kappa shape index (κ2) is 9.76. The number of amides is 3. The van der Waals surface area contributed by atoms with Crippen molar-refractivity contribution in [2.45, 2.75) is 24.4 Å². The predicted octanol–water partition coefficient (Wildman–Crippen LogP) is 0.890. The van der Waals surface area contributed by atoms with Crippen molar-refractivity contribution in [1.82, 2.24) is 15.1 Å². The van der Waals surface area contributed by atoms with Gasteiger partial charge in [-0.1, -0.05) is 54.3 Å². The fraction of sp³-hybridized carbons (Fsp3) is 0.333. The average molecular weight is 522 g/mol. The van der Waals surface area contributed by atoms with Gasteiger partial charge in [0, 0.05) is 18.2 Å². The van der Waals surface area contributed by atoms with E-state index in [-0.39, 0.29) is 34.0 Å². The number of ether oxygens (including phenoxy) is 1. The highest BCUT2D eigenvalue weighted by Crippen LogP contribution is 2.41. The molecule has 2 fully saturated rings. The third-order valence-electron chi connectivity index (χ3n) is 5.40. The third kappa shape index (κ3) is 4.42. The van der Waals surface area contributed by atoms with Gasteiger partial charge in [0.15, 0.2) is 0 Å². The minimum Gasteiger partial charge on any atom is -0.477 e.